The highest BCUT2D eigenvalue weighted by atomic mass is 31.2. The van der Waals surface area contributed by atoms with Crippen molar-refractivity contribution < 1.29 is 19.1 Å². The highest BCUT2D eigenvalue weighted by Crippen LogP contribution is 2.42. The first-order valence-corrected chi connectivity index (χ1v) is 7.63. The Morgan fingerprint density at radius 2 is 1.88 bits per heavy atom. The maximum Gasteiger partial charge on any atom is 0.330 e. The van der Waals surface area contributed by atoms with E-state index in [2.05, 4.69) is 0 Å². The Bertz CT molecular complexity index is 420. The maximum atomic E-state index is 11.0. The summed E-state index contributed by atoms with van der Waals surface area (Å²) in [6.45, 7) is 0. The quantitative estimate of drug-likeness (QED) is 0.813. The van der Waals surface area contributed by atoms with Crippen molar-refractivity contribution in [3.05, 3.63) is 29.8 Å². The Morgan fingerprint density at radius 1 is 1.24 bits per heavy atom. The number of rotatable bonds is 4. The van der Waals surface area contributed by atoms with Crippen LogP contribution in [-0.4, -0.2) is 15.9 Å². The number of para-hydroxylation sites is 1. The molecule has 0 bridgehead atoms. The van der Waals surface area contributed by atoms with Crippen LogP contribution < -0.4 is 4.74 Å². The third-order valence-corrected chi connectivity index (χ3v) is 3.70. The van der Waals surface area contributed by atoms with E-state index in [4.69, 9.17) is 14.5 Å². The van der Waals surface area contributed by atoms with Crippen molar-refractivity contribution in [2.45, 2.75) is 37.9 Å². The van der Waals surface area contributed by atoms with E-state index < -0.39 is 7.60 Å². The van der Waals surface area contributed by atoms with Crippen molar-refractivity contribution in [2.75, 3.05) is 0 Å². The Balaban J connectivity index is 2.12. The molecule has 5 heteroatoms. The first-order chi connectivity index (χ1) is 8.04. The molecular formula is C12H17O4P. The van der Waals surface area contributed by atoms with E-state index in [1.54, 1.807) is 18.2 Å². The van der Waals surface area contributed by atoms with Crippen LogP contribution in [0.1, 0.15) is 31.2 Å². The van der Waals surface area contributed by atoms with Gasteiger partial charge in [0.15, 0.2) is 0 Å². The van der Waals surface area contributed by atoms with Gasteiger partial charge in [-0.2, -0.15) is 0 Å². The van der Waals surface area contributed by atoms with Gasteiger partial charge in [0.25, 0.3) is 0 Å². The van der Waals surface area contributed by atoms with Gasteiger partial charge in [-0.25, -0.2) is 0 Å². The van der Waals surface area contributed by atoms with Crippen LogP contribution in [0.3, 0.4) is 0 Å². The molecule has 1 aliphatic carbocycles. The summed E-state index contributed by atoms with van der Waals surface area (Å²) in [6.07, 6.45) is 4.36. The third kappa shape index (κ3) is 3.84. The monoisotopic (exact) mass is 256 g/mol. The molecule has 1 aliphatic rings. The second-order valence-electron chi connectivity index (χ2n) is 4.45. The summed E-state index contributed by atoms with van der Waals surface area (Å²) >= 11 is 0. The predicted octanol–water partition coefficient (Wildman–Crippen LogP) is 2.69. The highest BCUT2D eigenvalue weighted by molar-refractivity contribution is 7.50. The first kappa shape index (κ1) is 12.6. The largest absolute Gasteiger partial charge is 0.490 e. The zero-order chi connectivity index (χ0) is 12.3. The number of ether oxygens (including phenoxy) is 1. The smallest absolute Gasteiger partial charge is 0.330 e. The summed E-state index contributed by atoms with van der Waals surface area (Å²) in [5.74, 6) is 0.614. The zero-order valence-corrected chi connectivity index (χ0v) is 10.5. The van der Waals surface area contributed by atoms with Gasteiger partial charge in [-0.3, -0.25) is 4.57 Å². The van der Waals surface area contributed by atoms with Crippen molar-refractivity contribution in [2.24, 2.45) is 0 Å². The predicted molar refractivity (Wildman–Crippen MR) is 65.1 cm³/mol. The lowest BCUT2D eigenvalue weighted by Gasteiger charge is -2.16. The number of hydrogen-bond acceptors (Lipinski definition) is 2. The van der Waals surface area contributed by atoms with Crippen molar-refractivity contribution in [3.8, 4) is 5.75 Å². The van der Waals surface area contributed by atoms with Crippen LogP contribution in [0.4, 0.5) is 0 Å². The fraction of sp³-hybridized carbons (Fsp3) is 0.500. The molecule has 1 saturated carbocycles. The molecule has 0 aliphatic heterocycles. The summed E-state index contributed by atoms with van der Waals surface area (Å²) < 4.78 is 16.8. The van der Waals surface area contributed by atoms with E-state index in [9.17, 15) is 4.57 Å². The molecule has 17 heavy (non-hydrogen) atoms. The molecule has 2 rings (SSSR count). The van der Waals surface area contributed by atoms with E-state index in [0.717, 1.165) is 12.8 Å². The van der Waals surface area contributed by atoms with Crippen LogP contribution >= 0.6 is 7.60 Å². The molecule has 1 fully saturated rings. The SMILES string of the molecule is O=P(O)(O)Cc1ccccc1OC1CCCC1. The standard InChI is InChI=1S/C12H17O4P/c13-17(14,15)9-10-5-1-4-8-12(10)16-11-6-2-3-7-11/h1,4-5,8,11H,2-3,6-7,9H2,(H2,13,14,15). The van der Waals surface area contributed by atoms with Crippen LogP contribution in [0.5, 0.6) is 5.75 Å². The van der Waals surface area contributed by atoms with Crippen LogP contribution in [0.2, 0.25) is 0 Å². The lowest BCUT2D eigenvalue weighted by molar-refractivity contribution is 0.208. The molecule has 0 radical (unpaired) electrons. The Hall–Kier alpha value is -0.830. The second-order valence-corrected chi connectivity index (χ2v) is 6.10. The fourth-order valence-electron chi connectivity index (χ4n) is 2.16. The molecule has 0 amide bonds. The van der Waals surface area contributed by atoms with E-state index in [1.807, 2.05) is 6.07 Å². The highest BCUT2D eigenvalue weighted by Gasteiger charge is 2.21. The zero-order valence-electron chi connectivity index (χ0n) is 9.58. The molecule has 94 valence electrons. The van der Waals surface area contributed by atoms with Crippen LogP contribution in [0.15, 0.2) is 24.3 Å². The van der Waals surface area contributed by atoms with Gasteiger partial charge < -0.3 is 14.5 Å². The minimum Gasteiger partial charge on any atom is -0.490 e. The van der Waals surface area contributed by atoms with Crippen LogP contribution in [0.25, 0.3) is 0 Å². The fourth-order valence-corrected chi connectivity index (χ4v) is 2.86. The summed E-state index contributed by atoms with van der Waals surface area (Å²) in [6, 6.07) is 7.09. The summed E-state index contributed by atoms with van der Waals surface area (Å²) in [4.78, 5) is 18.0. The summed E-state index contributed by atoms with van der Waals surface area (Å²) in [5.41, 5.74) is 0.590. The normalized spacial score (nSPS) is 17.3. The van der Waals surface area contributed by atoms with Crippen LogP contribution in [-0.2, 0) is 10.7 Å². The Morgan fingerprint density at radius 3 is 2.53 bits per heavy atom. The lowest BCUT2D eigenvalue weighted by Crippen LogP contribution is -2.12. The number of benzene rings is 1. The number of hydrogen-bond donors (Lipinski definition) is 2. The molecule has 1 aromatic carbocycles. The van der Waals surface area contributed by atoms with E-state index in [1.165, 1.54) is 12.8 Å². The minimum absolute atomic E-state index is 0.202. The molecule has 0 spiro atoms. The average molecular weight is 256 g/mol. The summed E-state index contributed by atoms with van der Waals surface area (Å²) in [5, 5.41) is 0. The van der Waals surface area contributed by atoms with E-state index in [0.29, 0.717) is 11.3 Å². The van der Waals surface area contributed by atoms with Gasteiger partial charge >= 0.3 is 7.60 Å². The third-order valence-electron chi connectivity index (χ3n) is 2.94. The topological polar surface area (TPSA) is 66.8 Å². The van der Waals surface area contributed by atoms with Crippen LogP contribution in [0, 0.1) is 0 Å². The van der Waals surface area contributed by atoms with E-state index >= 15 is 0 Å². The minimum atomic E-state index is -4.04. The van der Waals surface area contributed by atoms with Gasteiger partial charge in [0.1, 0.15) is 5.75 Å². The van der Waals surface area contributed by atoms with Crippen molar-refractivity contribution in [1.29, 1.82) is 0 Å². The van der Waals surface area contributed by atoms with E-state index in [-0.39, 0.29) is 12.3 Å². The van der Waals surface area contributed by atoms with Gasteiger partial charge in [-0.05, 0) is 31.7 Å². The van der Waals surface area contributed by atoms with Gasteiger partial charge in [0.2, 0.25) is 0 Å². The van der Waals surface area contributed by atoms with Crippen molar-refractivity contribution in [3.63, 3.8) is 0 Å². The molecular weight excluding hydrogens is 239 g/mol. The molecule has 4 nitrogen and oxygen atoms in total. The van der Waals surface area contributed by atoms with Gasteiger partial charge in [0, 0.05) is 5.56 Å². The molecule has 0 atom stereocenters. The van der Waals surface area contributed by atoms with Gasteiger partial charge in [0.05, 0.1) is 12.3 Å². The molecule has 0 unspecified atom stereocenters. The lowest BCUT2D eigenvalue weighted by atomic mass is 10.2. The molecule has 0 heterocycles. The van der Waals surface area contributed by atoms with Crippen molar-refractivity contribution >= 4 is 7.60 Å². The summed E-state index contributed by atoms with van der Waals surface area (Å²) in [7, 11) is -4.04. The maximum absolute atomic E-state index is 11.0. The average Bonchev–Trinajstić information content (AvgIpc) is 2.71. The molecule has 1 aromatic rings. The first-order valence-electron chi connectivity index (χ1n) is 5.84. The molecule has 0 aromatic heterocycles. The molecule has 2 N–H and O–H groups in total. The van der Waals surface area contributed by atoms with Gasteiger partial charge in [-0.1, -0.05) is 18.2 Å². The Kier molecular flexibility index (Phi) is 3.87. The second kappa shape index (κ2) is 5.21. The van der Waals surface area contributed by atoms with Crippen molar-refractivity contribution in [1.82, 2.24) is 0 Å². The molecule has 0 saturated heterocycles. The van der Waals surface area contributed by atoms with Gasteiger partial charge in [-0.15, -0.1) is 0 Å². The Labute approximate surface area is 101 Å².